The highest BCUT2D eigenvalue weighted by Gasteiger charge is 2.53. The molecule has 2 heterocycles. The fourth-order valence-electron chi connectivity index (χ4n) is 0.778. The van der Waals surface area contributed by atoms with Crippen LogP contribution in [0, 0.1) is 0 Å². The van der Waals surface area contributed by atoms with Crippen molar-refractivity contribution < 1.29 is 21.5 Å². The van der Waals surface area contributed by atoms with Gasteiger partial charge in [0.25, 0.3) is 0 Å². The van der Waals surface area contributed by atoms with Gasteiger partial charge in [0.05, 0.1) is 6.26 Å². The standard InChI is InChI=1S/C5H4O5S/c6-11(7)9-5(10-11)3-1-2-4-8-5/h1-4H. The number of hydrogen-bond acceptors (Lipinski definition) is 5. The first-order valence-electron chi connectivity index (χ1n) is 2.80. The van der Waals surface area contributed by atoms with Crippen molar-refractivity contribution in [2.75, 3.05) is 0 Å². The second kappa shape index (κ2) is 1.84. The van der Waals surface area contributed by atoms with E-state index in [0.717, 1.165) is 0 Å². The molecule has 0 unspecified atom stereocenters. The first-order chi connectivity index (χ1) is 5.12. The van der Waals surface area contributed by atoms with Gasteiger partial charge in [0.1, 0.15) is 0 Å². The van der Waals surface area contributed by atoms with E-state index in [4.69, 9.17) is 4.74 Å². The van der Waals surface area contributed by atoms with Crippen molar-refractivity contribution in [3.63, 3.8) is 0 Å². The SMILES string of the molecule is O=S1(=O)OC2(C=CC=CO2)O1. The predicted octanol–water partition coefficient (Wildman–Crippen LogP) is 0.0319. The molecule has 0 atom stereocenters. The van der Waals surface area contributed by atoms with E-state index in [-0.39, 0.29) is 0 Å². The minimum absolute atomic E-state index is 1.29. The fourth-order valence-corrected chi connectivity index (χ4v) is 1.55. The quantitative estimate of drug-likeness (QED) is 0.521. The van der Waals surface area contributed by atoms with Crippen LogP contribution in [-0.2, 0) is 23.5 Å². The van der Waals surface area contributed by atoms with Gasteiger partial charge in [0.2, 0.25) is 0 Å². The van der Waals surface area contributed by atoms with Crippen molar-refractivity contribution in [2.45, 2.75) is 5.97 Å². The zero-order valence-corrected chi connectivity index (χ0v) is 6.08. The molecule has 11 heavy (non-hydrogen) atoms. The minimum atomic E-state index is -3.80. The Bertz CT molecular complexity index is 313. The van der Waals surface area contributed by atoms with Crippen molar-refractivity contribution in [3.8, 4) is 0 Å². The van der Waals surface area contributed by atoms with Gasteiger partial charge >= 0.3 is 16.4 Å². The van der Waals surface area contributed by atoms with E-state index in [0.29, 0.717) is 0 Å². The molecule has 60 valence electrons. The molecule has 0 aliphatic carbocycles. The van der Waals surface area contributed by atoms with Gasteiger partial charge in [-0.15, -0.1) is 0 Å². The van der Waals surface area contributed by atoms with E-state index < -0.39 is 16.4 Å². The summed E-state index contributed by atoms with van der Waals surface area (Å²) in [6.07, 6.45) is 5.80. The summed E-state index contributed by atoms with van der Waals surface area (Å²) in [5, 5.41) is 0. The first-order valence-corrected chi connectivity index (χ1v) is 4.14. The highest BCUT2D eigenvalue weighted by Crippen LogP contribution is 2.34. The molecule has 0 N–H and O–H groups in total. The number of allylic oxidation sites excluding steroid dienone is 2. The van der Waals surface area contributed by atoms with Crippen LogP contribution < -0.4 is 0 Å². The van der Waals surface area contributed by atoms with Crippen LogP contribution in [0.25, 0.3) is 0 Å². The molecule has 0 aromatic heterocycles. The Hall–Kier alpha value is -0.850. The van der Waals surface area contributed by atoms with Crippen LogP contribution in [0.4, 0.5) is 0 Å². The molecule has 2 rings (SSSR count). The van der Waals surface area contributed by atoms with E-state index in [2.05, 4.69) is 8.37 Å². The van der Waals surface area contributed by atoms with Crippen molar-refractivity contribution in [1.82, 2.24) is 0 Å². The third-order valence-electron chi connectivity index (χ3n) is 1.16. The summed E-state index contributed by atoms with van der Waals surface area (Å²) in [5.41, 5.74) is 0. The Morgan fingerprint density at radius 2 is 1.91 bits per heavy atom. The Morgan fingerprint density at radius 3 is 2.36 bits per heavy atom. The molecule has 2 aliphatic rings. The molecule has 1 spiro atoms. The van der Waals surface area contributed by atoms with Crippen LogP contribution in [0.3, 0.4) is 0 Å². The van der Waals surface area contributed by atoms with Crippen LogP contribution >= 0.6 is 0 Å². The van der Waals surface area contributed by atoms with E-state index in [1.54, 1.807) is 12.2 Å². The predicted molar refractivity (Wildman–Crippen MR) is 33.2 cm³/mol. The number of hydrogen-bond donors (Lipinski definition) is 0. The van der Waals surface area contributed by atoms with Crippen molar-refractivity contribution in [3.05, 3.63) is 24.5 Å². The van der Waals surface area contributed by atoms with Gasteiger partial charge in [0, 0.05) is 6.08 Å². The zero-order valence-electron chi connectivity index (χ0n) is 5.26. The lowest BCUT2D eigenvalue weighted by Crippen LogP contribution is -2.50. The normalized spacial score (nSPS) is 29.5. The lowest BCUT2D eigenvalue weighted by molar-refractivity contribution is -0.294. The molecule has 0 aromatic carbocycles. The molecule has 1 saturated heterocycles. The van der Waals surface area contributed by atoms with Gasteiger partial charge < -0.3 is 4.74 Å². The third kappa shape index (κ3) is 1.05. The second-order valence-corrected chi connectivity index (χ2v) is 3.13. The third-order valence-corrected chi connectivity index (χ3v) is 2.03. The molecule has 0 aromatic rings. The average molecular weight is 176 g/mol. The van der Waals surface area contributed by atoms with Gasteiger partial charge in [-0.2, -0.15) is 16.8 Å². The molecule has 0 amide bonds. The van der Waals surface area contributed by atoms with Gasteiger partial charge in [-0.3, -0.25) is 0 Å². The topological polar surface area (TPSA) is 61.8 Å². The maximum atomic E-state index is 10.4. The van der Waals surface area contributed by atoms with Crippen LogP contribution in [0.15, 0.2) is 24.5 Å². The monoisotopic (exact) mass is 176 g/mol. The van der Waals surface area contributed by atoms with Gasteiger partial charge in [-0.1, -0.05) is 6.08 Å². The van der Waals surface area contributed by atoms with Gasteiger partial charge in [0.15, 0.2) is 0 Å². The maximum absolute atomic E-state index is 10.4. The van der Waals surface area contributed by atoms with E-state index >= 15 is 0 Å². The minimum Gasteiger partial charge on any atom is -0.442 e. The largest absolute Gasteiger partial charge is 0.442 e. The lowest BCUT2D eigenvalue weighted by Gasteiger charge is -2.35. The van der Waals surface area contributed by atoms with E-state index in [9.17, 15) is 8.42 Å². The van der Waals surface area contributed by atoms with Crippen molar-refractivity contribution in [1.29, 1.82) is 0 Å². The lowest BCUT2D eigenvalue weighted by atomic mass is 10.4. The second-order valence-electron chi connectivity index (χ2n) is 1.98. The molecule has 1 fully saturated rings. The molecule has 2 aliphatic heterocycles. The van der Waals surface area contributed by atoms with Crippen LogP contribution in [0.2, 0.25) is 0 Å². The van der Waals surface area contributed by atoms with Crippen molar-refractivity contribution in [2.24, 2.45) is 0 Å². The van der Waals surface area contributed by atoms with Crippen LogP contribution in [-0.4, -0.2) is 14.4 Å². The summed E-state index contributed by atoms with van der Waals surface area (Å²) in [6.45, 7) is 0. The van der Waals surface area contributed by atoms with Crippen LogP contribution in [0.5, 0.6) is 0 Å². The zero-order chi connectivity index (χ0) is 7.95. The Morgan fingerprint density at radius 1 is 1.18 bits per heavy atom. The molecular formula is C5H4O5S. The number of rotatable bonds is 0. The summed E-state index contributed by atoms with van der Waals surface area (Å²) >= 11 is 0. The summed E-state index contributed by atoms with van der Waals surface area (Å²) in [5.74, 6) is -1.52. The number of ether oxygens (including phenoxy) is 1. The first kappa shape index (κ1) is 6.84. The molecule has 5 nitrogen and oxygen atoms in total. The van der Waals surface area contributed by atoms with Crippen LogP contribution in [0.1, 0.15) is 0 Å². The van der Waals surface area contributed by atoms with E-state index in [1.165, 1.54) is 12.3 Å². The Balaban J connectivity index is 2.19. The van der Waals surface area contributed by atoms with Gasteiger partial charge in [-0.25, -0.2) is 0 Å². The summed E-state index contributed by atoms with van der Waals surface area (Å²) in [4.78, 5) is 0. The summed E-state index contributed by atoms with van der Waals surface area (Å²) in [7, 11) is -3.80. The fraction of sp³-hybridized carbons (Fsp3) is 0.200. The molecule has 6 heteroatoms. The average Bonchev–Trinajstić information content (AvgIpc) is 1.85. The molecule has 0 bridgehead atoms. The highest BCUT2D eigenvalue weighted by molar-refractivity contribution is 7.82. The smallest absolute Gasteiger partial charge is 0.411 e. The Kier molecular flexibility index (Phi) is 1.15. The summed E-state index contributed by atoms with van der Waals surface area (Å²) in [6, 6.07) is 0. The molecular weight excluding hydrogens is 172 g/mol. The van der Waals surface area contributed by atoms with Gasteiger partial charge in [-0.05, 0) is 6.08 Å². The maximum Gasteiger partial charge on any atom is 0.411 e. The van der Waals surface area contributed by atoms with Crippen molar-refractivity contribution >= 4 is 10.4 Å². The van der Waals surface area contributed by atoms with E-state index in [1.807, 2.05) is 0 Å². The summed E-state index contributed by atoms with van der Waals surface area (Å²) < 4.78 is 34.2. The Labute approximate surface area is 63.2 Å². The molecule has 0 radical (unpaired) electrons. The highest BCUT2D eigenvalue weighted by atomic mass is 32.3. The molecule has 0 saturated carbocycles.